The maximum atomic E-state index is 12.2. The molecule has 0 aliphatic rings. The number of ether oxygens (including phenoxy) is 3. The van der Waals surface area contributed by atoms with Crippen molar-refractivity contribution < 1.29 is 28.6 Å². The summed E-state index contributed by atoms with van der Waals surface area (Å²) in [6.45, 7) is 1.35. The highest BCUT2D eigenvalue weighted by atomic mass is 35.5. The second-order valence-corrected chi connectivity index (χ2v) is 6.94. The number of thiophene rings is 1. The summed E-state index contributed by atoms with van der Waals surface area (Å²) in [5, 5.41) is 2.84. The summed E-state index contributed by atoms with van der Waals surface area (Å²) in [4.78, 5) is 36.6. The molecule has 0 radical (unpaired) electrons. The number of amides is 1. The van der Waals surface area contributed by atoms with Gasteiger partial charge in [-0.1, -0.05) is 11.6 Å². The van der Waals surface area contributed by atoms with Gasteiger partial charge in [0.05, 0.1) is 36.2 Å². The molecule has 1 N–H and O–H groups in total. The highest BCUT2D eigenvalue weighted by Crippen LogP contribution is 2.36. The van der Waals surface area contributed by atoms with Crippen LogP contribution in [-0.4, -0.2) is 38.5 Å². The van der Waals surface area contributed by atoms with E-state index < -0.39 is 12.6 Å². The zero-order valence-corrected chi connectivity index (χ0v) is 16.5. The van der Waals surface area contributed by atoms with Crippen LogP contribution in [0.1, 0.15) is 31.8 Å². The predicted molar refractivity (Wildman–Crippen MR) is 101 cm³/mol. The molecule has 0 atom stereocenters. The third-order valence-corrected chi connectivity index (χ3v) is 4.86. The van der Waals surface area contributed by atoms with E-state index in [1.807, 2.05) is 0 Å². The number of carbonyl (C=O) groups is 3. The van der Waals surface area contributed by atoms with Crippen molar-refractivity contribution in [1.82, 2.24) is 5.32 Å². The van der Waals surface area contributed by atoms with E-state index in [9.17, 15) is 14.4 Å². The van der Waals surface area contributed by atoms with Crippen LogP contribution in [-0.2, 0) is 16.1 Å². The maximum Gasteiger partial charge on any atom is 0.338 e. The van der Waals surface area contributed by atoms with Gasteiger partial charge in [0, 0.05) is 11.8 Å². The minimum Gasteiger partial charge on any atom is -0.493 e. The molecule has 9 heteroatoms. The number of ketones is 1. The van der Waals surface area contributed by atoms with E-state index in [4.69, 9.17) is 25.8 Å². The lowest BCUT2D eigenvalue weighted by Crippen LogP contribution is -2.18. The molecule has 2 rings (SSSR count). The molecule has 0 bridgehead atoms. The van der Waals surface area contributed by atoms with Gasteiger partial charge >= 0.3 is 5.97 Å². The van der Waals surface area contributed by atoms with Gasteiger partial charge in [-0.3, -0.25) is 9.59 Å². The fourth-order valence-corrected chi connectivity index (χ4v) is 3.32. The van der Waals surface area contributed by atoms with Gasteiger partial charge in [0.15, 0.2) is 18.1 Å². The number of hydrogen-bond acceptors (Lipinski definition) is 7. The van der Waals surface area contributed by atoms with Crippen LogP contribution in [0.15, 0.2) is 24.3 Å². The third-order valence-electron chi connectivity index (χ3n) is 3.45. The van der Waals surface area contributed by atoms with E-state index >= 15 is 0 Å². The van der Waals surface area contributed by atoms with Crippen molar-refractivity contribution in [2.24, 2.45) is 0 Å². The molecule has 0 unspecified atom stereocenters. The first-order chi connectivity index (χ1) is 12.8. The molecule has 1 amide bonds. The van der Waals surface area contributed by atoms with E-state index in [0.29, 0.717) is 17.2 Å². The molecular weight excluding hydrogens is 394 g/mol. The van der Waals surface area contributed by atoms with Crippen molar-refractivity contribution in [3.8, 4) is 11.5 Å². The minimum atomic E-state index is -0.707. The van der Waals surface area contributed by atoms with Crippen LogP contribution in [0.5, 0.6) is 11.5 Å². The standard InChI is InChI=1S/C18H18ClNO6S/c1-10(21)20-8-12-4-5-16(27-12)14(22)9-26-18(23)11-6-13(19)17(25-3)15(7-11)24-2/h4-7H,8-9H2,1-3H3,(H,20,21). The summed E-state index contributed by atoms with van der Waals surface area (Å²) in [5.41, 5.74) is 0.142. The van der Waals surface area contributed by atoms with Crippen LogP contribution in [0.4, 0.5) is 0 Å². The molecule has 1 aromatic heterocycles. The Balaban J connectivity index is 2.00. The monoisotopic (exact) mass is 411 g/mol. The largest absolute Gasteiger partial charge is 0.493 e. The molecule has 144 valence electrons. The van der Waals surface area contributed by atoms with Crippen LogP contribution in [0.2, 0.25) is 5.02 Å². The minimum absolute atomic E-state index is 0.142. The SMILES string of the molecule is COc1cc(C(=O)OCC(=O)c2ccc(CNC(C)=O)s2)cc(Cl)c1OC. The van der Waals surface area contributed by atoms with E-state index in [1.54, 1.807) is 12.1 Å². The van der Waals surface area contributed by atoms with Crippen LogP contribution >= 0.6 is 22.9 Å². The van der Waals surface area contributed by atoms with Crippen molar-refractivity contribution in [3.63, 3.8) is 0 Å². The summed E-state index contributed by atoms with van der Waals surface area (Å²) in [6.07, 6.45) is 0. The number of halogens is 1. The average molecular weight is 412 g/mol. The Morgan fingerprint density at radius 2 is 1.89 bits per heavy atom. The molecule has 2 aromatic rings. The average Bonchev–Trinajstić information content (AvgIpc) is 3.12. The van der Waals surface area contributed by atoms with Crippen molar-refractivity contribution in [3.05, 3.63) is 44.6 Å². The second-order valence-electron chi connectivity index (χ2n) is 5.37. The molecule has 0 saturated heterocycles. The zero-order chi connectivity index (χ0) is 20.0. The first kappa shape index (κ1) is 20.7. The summed E-state index contributed by atoms with van der Waals surface area (Å²) in [5.74, 6) is -0.616. The van der Waals surface area contributed by atoms with Crippen molar-refractivity contribution in [2.75, 3.05) is 20.8 Å². The van der Waals surface area contributed by atoms with Crippen LogP contribution < -0.4 is 14.8 Å². The lowest BCUT2D eigenvalue weighted by Gasteiger charge is -2.11. The lowest BCUT2D eigenvalue weighted by atomic mass is 10.2. The summed E-state index contributed by atoms with van der Waals surface area (Å²) in [6, 6.07) is 6.18. The fourth-order valence-electron chi connectivity index (χ4n) is 2.16. The molecule has 27 heavy (non-hydrogen) atoms. The number of Topliss-reactive ketones (excluding diaryl/α,β-unsaturated/α-hetero) is 1. The smallest absolute Gasteiger partial charge is 0.338 e. The van der Waals surface area contributed by atoms with Crippen LogP contribution in [0, 0.1) is 0 Å². The summed E-state index contributed by atoms with van der Waals surface area (Å²) >= 11 is 7.29. The molecule has 0 saturated carbocycles. The predicted octanol–water partition coefficient (Wildman–Crippen LogP) is 3.09. The number of carbonyl (C=O) groups excluding carboxylic acids is 3. The molecule has 1 heterocycles. The van der Waals surface area contributed by atoms with Crippen molar-refractivity contribution >= 4 is 40.6 Å². The Morgan fingerprint density at radius 3 is 2.52 bits per heavy atom. The van der Waals surface area contributed by atoms with Gasteiger partial charge in [-0.15, -0.1) is 11.3 Å². The molecule has 0 aliphatic heterocycles. The second kappa shape index (κ2) is 9.38. The van der Waals surface area contributed by atoms with Crippen molar-refractivity contribution in [2.45, 2.75) is 13.5 Å². The Morgan fingerprint density at radius 1 is 1.15 bits per heavy atom. The Labute approximate surface area is 165 Å². The van der Waals surface area contributed by atoms with Gasteiger partial charge in [0.1, 0.15) is 0 Å². The van der Waals surface area contributed by atoms with Gasteiger partial charge < -0.3 is 19.5 Å². The molecule has 0 spiro atoms. The van der Waals surface area contributed by atoms with E-state index in [-0.39, 0.29) is 28.0 Å². The fraction of sp³-hybridized carbons (Fsp3) is 0.278. The van der Waals surface area contributed by atoms with Crippen LogP contribution in [0.3, 0.4) is 0 Å². The quantitative estimate of drug-likeness (QED) is 0.530. The first-order valence-corrected chi connectivity index (χ1v) is 9.00. The Bertz CT molecular complexity index is 864. The van der Waals surface area contributed by atoms with E-state index in [0.717, 1.165) is 4.88 Å². The Hall–Kier alpha value is -2.58. The normalized spacial score (nSPS) is 10.2. The van der Waals surface area contributed by atoms with Gasteiger partial charge in [-0.25, -0.2) is 4.79 Å². The van der Waals surface area contributed by atoms with E-state index in [1.165, 1.54) is 44.6 Å². The number of esters is 1. The van der Waals surface area contributed by atoms with E-state index in [2.05, 4.69) is 5.32 Å². The van der Waals surface area contributed by atoms with Gasteiger partial charge in [0.25, 0.3) is 0 Å². The number of methoxy groups -OCH3 is 2. The van der Waals surface area contributed by atoms with Gasteiger partial charge in [0.2, 0.25) is 11.7 Å². The molecule has 0 fully saturated rings. The summed E-state index contributed by atoms with van der Waals surface area (Å²) < 4.78 is 15.3. The number of nitrogens with one attached hydrogen (secondary N) is 1. The van der Waals surface area contributed by atoms with Gasteiger partial charge in [-0.2, -0.15) is 0 Å². The number of hydrogen-bond donors (Lipinski definition) is 1. The van der Waals surface area contributed by atoms with Crippen LogP contribution in [0.25, 0.3) is 0 Å². The topological polar surface area (TPSA) is 90.9 Å². The summed E-state index contributed by atoms with van der Waals surface area (Å²) in [7, 11) is 2.85. The third kappa shape index (κ3) is 5.45. The van der Waals surface area contributed by atoms with Crippen molar-refractivity contribution in [1.29, 1.82) is 0 Å². The molecule has 7 nitrogen and oxygen atoms in total. The number of rotatable bonds is 8. The Kier molecular flexibility index (Phi) is 7.20. The lowest BCUT2D eigenvalue weighted by molar-refractivity contribution is -0.119. The van der Waals surface area contributed by atoms with Gasteiger partial charge in [-0.05, 0) is 24.3 Å². The first-order valence-electron chi connectivity index (χ1n) is 7.80. The molecular formula is C18H18ClNO6S. The highest BCUT2D eigenvalue weighted by Gasteiger charge is 2.18. The maximum absolute atomic E-state index is 12.2. The highest BCUT2D eigenvalue weighted by molar-refractivity contribution is 7.14. The molecule has 0 aliphatic carbocycles. The zero-order valence-electron chi connectivity index (χ0n) is 15.0. The molecule has 1 aromatic carbocycles. The number of benzene rings is 1.